The number of hydrogen-bond donors (Lipinski definition) is 0. The quantitative estimate of drug-likeness (QED) is 0.231. The Morgan fingerprint density at radius 1 is 0.905 bits per heavy atom. The van der Waals surface area contributed by atoms with Gasteiger partial charge in [0.1, 0.15) is 0 Å². The first-order valence-corrected chi connectivity index (χ1v) is 16.6. The average molecular weight is 403 g/mol. The van der Waals surface area contributed by atoms with Crippen molar-refractivity contribution in [3.63, 3.8) is 0 Å². The van der Waals surface area contributed by atoms with E-state index in [-0.39, 0.29) is 5.97 Å². The van der Waals surface area contributed by atoms with Crippen molar-refractivity contribution < 1.29 is 9.53 Å². The minimum absolute atomic E-state index is 0.0944. The van der Waals surface area contributed by atoms with Crippen molar-refractivity contribution >= 4 is 24.3 Å². The van der Waals surface area contributed by atoms with Gasteiger partial charge in [-0.3, -0.25) is 0 Å². The molecule has 0 fully saturated rings. The molecule has 0 rings (SSSR count). The number of rotatable bonds is 12. The minimum atomic E-state index is -2.33. The summed E-state index contributed by atoms with van der Waals surface area (Å²) in [5.74, 6) is -0.0944. The van der Waals surface area contributed by atoms with Crippen molar-refractivity contribution in [3.05, 3.63) is 9.67 Å². The first-order valence-electron chi connectivity index (χ1n) is 8.91. The van der Waals surface area contributed by atoms with E-state index < -0.39 is 18.4 Å². The van der Waals surface area contributed by atoms with Crippen LogP contribution in [-0.4, -0.2) is 31.0 Å². The normalized spacial score (nSPS) is 12.5. The van der Waals surface area contributed by atoms with E-state index in [1.807, 2.05) is 13.8 Å². The summed E-state index contributed by atoms with van der Waals surface area (Å²) in [6, 6.07) is 0. The van der Waals surface area contributed by atoms with Crippen LogP contribution in [0.15, 0.2) is 9.67 Å². The molecule has 0 aromatic rings. The molecule has 0 aliphatic heterocycles. The summed E-state index contributed by atoms with van der Waals surface area (Å²) in [5.41, 5.74) is 0.885. The van der Waals surface area contributed by atoms with Crippen LogP contribution in [-0.2, 0) is 9.53 Å². The average Bonchev–Trinajstić information content (AvgIpc) is 2.48. The second-order valence-electron chi connectivity index (χ2n) is 6.22. The van der Waals surface area contributed by atoms with Gasteiger partial charge in [-0.15, -0.1) is 0 Å². The molecule has 0 saturated heterocycles. The van der Waals surface area contributed by atoms with Gasteiger partial charge < -0.3 is 0 Å². The molecular weight excluding hydrogens is 367 g/mol. The van der Waals surface area contributed by atoms with Gasteiger partial charge in [-0.25, -0.2) is 0 Å². The van der Waals surface area contributed by atoms with Gasteiger partial charge in [0.15, 0.2) is 0 Å². The molecule has 0 radical (unpaired) electrons. The van der Waals surface area contributed by atoms with Crippen molar-refractivity contribution in [2.45, 2.75) is 86.5 Å². The van der Waals surface area contributed by atoms with Gasteiger partial charge >= 0.3 is 137 Å². The molecule has 0 spiro atoms. The Morgan fingerprint density at radius 2 is 1.33 bits per heavy atom. The van der Waals surface area contributed by atoms with Gasteiger partial charge in [0, 0.05) is 0 Å². The van der Waals surface area contributed by atoms with E-state index in [2.05, 4.69) is 24.9 Å². The summed E-state index contributed by atoms with van der Waals surface area (Å²) >= 11 is -2.33. The summed E-state index contributed by atoms with van der Waals surface area (Å²) in [5, 5.41) is 0. The maximum atomic E-state index is 12.0. The first kappa shape index (κ1) is 21.0. The third-order valence-electron chi connectivity index (χ3n) is 4.20. The van der Waals surface area contributed by atoms with Crippen molar-refractivity contribution in [3.8, 4) is 0 Å². The number of unbranched alkanes of at least 4 members (excludes halogenated alkanes) is 3. The third-order valence-corrected chi connectivity index (χ3v) is 18.7. The predicted octanol–water partition coefficient (Wildman–Crippen LogP) is 5.88. The molecule has 3 heteroatoms. The van der Waals surface area contributed by atoms with Crippen molar-refractivity contribution in [1.29, 1.82) is 0 Å². The molecular formula is C18H36O2Sn. The summed E-state index contributed by atoms with van der Waals surface area (Å²) in [4.78, 5) is 12.0. The van der Waals surface area contributed by atoms with E-state index in [4.69, 9.17) is 4.74 Å². The van der Waals surface area contributed by atoms with Crippen LogP contribution >= 0.6 is 0 Å². The summed E-state index contributed by atoms with van der Waals surface area (Å²) < 4.78 is 11.9. The standard InChI is InChI=1S/C6H9O2.3C4H9.Sn/c1-4-8-6(7)5(2)3;3*1-3-4-2;/h2H,4H2,1,3H3;3*1,3-4H2,2H3;. The van der Waals surface area contributed by atoms with Gasteiger partial charge in [0.25, 0.3) is 0 Å². The Balaban J connectivity index is 5.17. The molecule has 0 aromatic heterocycles. The summed E-state index contributed by atoms with van der Waals surface area (Å²) in [7, 11) is 0. The number of hydrogen-bond acceptors (Lipinski definition) is 2. The van der Waals surface area contributed by atoms with Gasteiger partial charge in [-0.05, 0) is 0 Å². The van der Waals surface area contributed by atoms with Gasteiger partial charge in [-0.2, -0.15) is 0 Å². The Labute approximate surface area is 136 Å². The summed E-state index contributed by atoms with van der Waals surface area (Å²) in [6.07, 6.45) is 7.79. The van der Waals surface area contributed by atoms with Crippen LogP contribution in [0.25, 0.3) is 0 Å². The molecule has 2 nitrogen and oxygen atoms in total. The molecule has 0 bridgehead atoms. The molecule has 0 unspecified atom stereocenters. The molecule has 0 aromatic carbocycles. The number of esters is 1. The number of ether oxygens (including phenoxy) is 1. The fourth-order valence-electron chi connectivity index (χ4n) is 2.94. The van der Waals surface area contributed by atoms with E-state index in [1.165, 1.54) is 51.8 Å². The predicted molar refractivity (Wildman–Crippen MR) is 95.3 cm³/mol. The zero-order chi connectivity index (χ0) is 16.1. The van der Waals surface area contributed by atoms with Crippen LogP contribution in [0.5, 0.6) is 0 Å². The molecule has 0 N–H and O–H groups in total. The molecule has 0 atom stereocenters. The molecule has 0 saturated carbocycles. The maximum absolute atomic E-state index is 12.0. The van der Waals surface area contributed by atoms with Crippen LogP contribution in [0, 0.1) is 0 Å². The van der Waals surface area contributed by atoms with E-state index in [0.717, 1.165) is 5.57 Å². The van der Waals surface area contributed by atoms with Gasteiger partial charge in [0.2, 0.25) is 0 Å². The second-order valence-corrected chi connectivity index (χ2v) is 19.1. The fraction of sp³-hybridized carbons (Fsp3) is 0.833. The van der Waals surface area contributed by atoms with E-state index in [0.29, 0.717) is 6.61 Å². The zero-order valence-electron chi connectivity index (χ0n) is 15.0. The number of carbonyl (C=O) groups is 1. The molecule has 124 valence electrons. The Hall–Kier alpha value is 0.00870. The first-order chi connectivity index (χ1) is 10.0. The van der Waals surface area contributed by atoms with Gasteiger partial charge in [0.05, 0.1) is 0 Å². The van der Waals surface area contributed by atoms with E-state index >= 15 is 0 Å². The van der Waals surface area contributed by atoms with Crippen LogP contribution in [0.4, 0.5) is 0 Å². The Kier molecular flexibility index (Phi) is 12.5. The SMILES string of the molecule is CCC[CH2][Sn](/[CH]=C(\C)C(=O)OCC)([CH2]CCC)[CH2]CCC. The third kappa shape index (κ3) is 8.90. The van der Waals surface area contributed by atoms with Crippen LogP contribution in [0.2, 0.25) is 13.3 Å². The second kappa shape index (κ2) is 12.5. The topological polar surface area (TPSA) is 26.3 Å². The zero-order valence-corrected chi connectivity index (χ0v) is 17.8. The molecule has 0 amide bonds. The summed E-state index contributed by atoms with van der Waals surface area (Å²) in [6.45, 7) is 11.2. The molecule has 0 heterocycles. The van der Waals surface area contributed by atoms with Crippen molar-refractivity contribution in [2.24, 2.45) is 0 Å². The van der Waals surface area contributed by atoms with Crippen molar-refractivity contribution in [1.82, 2.24) is 0 Å². The van der Waals surface area contributed by atoms with E-state index in [9.17, 15) is 4.79 Å². The van der Waals surface area contributed by atoms with Crippen LogP contribution in [0.1, 0.15) is 73.1 Å². The van der Waals surface area contributed by atoms with Crippen LogP contribution in [0.3, 0.4) is 0 Å². The fourth-order valence-corrected chi connectivity index (χ4v) is 18.3. The van der Waals surface area contributed by atoms with Gasteiger partial charge in [-0.1, -0.05) is 0 Å². The molecule has 0 aliphatic carbocycles. The molecule has 0 aliphatic rings. The Morgan fingerprint density at radius 3 is 1.67 bits per heavy atom. The van der Waals surface area contributed by atoms with Crippen molar-refractivity contribution in [2.75, 3.05) is 6.61 Å². The number of carbonyl (C=O) groups excluding carboxylic acids is 1. The Bertz CT molecular complexity index is 289. The monoisotopic (exact) mass is 404 g/mol. The molecule has 21 heavy (non-hydrogen) atoms. The van der Waals surface area contributed by atoms with Crippen LogP contribution < -0.4 is 0 Å². The van der Waals surface area contributed by atoms with E-state index in [1.54, 1.807) is 0 Å².